The maximum absolute atomic E-state index is 13.4. The second-order valence-electron chi connectivity index (χ2n) is 4.34. The summed E-state index contributed by atoms with van der Waals surface area (Å²) < 4.78 is 30.9. The van der Waals surface area contributed by atoms with Crippen LogP contribution in [0.5, 0.6) is 0 Å². The summed E-state index contributed by atoms with van der Waals surface area (Å²) in [7, 11) is 1.19. The Balaban J connectivity index is 2.14. The maximum Gasteiger partial charge on any atom is 0.331 e. The van der Waals surface area contributed by atoms with Crippen LogP contribution in [0.2, 0.25) is 0 Å². The summed E-state index contributed by atoms with van der Waals surface area (Å²) in [5.74, 6) is -2.60. The number of amides is 1. The zero-order chi connectivity index (χ0) is 17.0. The average molecular weight is 339 g/mol. The molecule has 120 valence electrons. The zero-order valence-electron chi connectivity index (χ0n) is 12.1. The third-order valence-corrected chi connectivity index (χ3v) is 3.70. The molecule has 1 saturated heterocycles. The number of methoxy groups -OCH3 is 1. The van der Waals surface area contributed by atoms with Gasteiger partial charge in [0, 0.05) is 17.7 Å². The first kappa shape index (κ1) is 16.8. The van der Waals surface area contributed by atoms with E-state index in [4.69, 9.17) is 0 Å². The van der Waals surface area contributed by atoms with Crippen LogP contribution in [0.3, 0.4) is 0 Å². The van der Waals surface area contributed by atoms with Gasteiger partial charge in [0.15, 0.2) is 5.17 Å². The van der Waals surface area contributed by atoms with Crippen molar-refractivity contribution in [2.75, 3.05) is 7.11 Å². The normalized spacial score (nSPS) is 18.0. The Labute approximate surface area is 134 Å². The highest BCUT2D eigenvalue weighted by Crippen LogP contribution is 2.23. The number of carbonyl (C=O) groups is 2. The quantitative estimate of drug-likeness (QED) is 0.395. The minimum absolute atomic E-state index is 0.110. The van der Waals surface area contributed by atoms with Crippen molar-refractivity contribution >= 4 is 35.0 Å². The van der Waals surface area contributed by atoms with E-state index in [9.17, 15) is 18.4 Å². The van der Waals surface area contributed by atoms with Gasteiger partial charge in [-0.15, -0.1) is 5.10 Å². The van der Waals surface area contributed by atoms with Gasteiger partial charge in [0.05, 0.1) is 18.2 Å². The first-order valence-electron chi connectivity index (χ1n) is 6.26. The highest BCUT2D eigenvalue weighted by atomic mass is 32.2. The lowest BCUT2D eigenvalue weighted by Crippen LogP contribution is -2.19. The van der Waals surface area contributed by atoms with Crippen LogP contribution >= 0.6 is 11.8 Å². The standard InChI is InChI=1S/C14H11F2N3O3S/c1-7-8(3-9(15)4-10(7)16)6-17-19-14-18-13(21)11(23-14)5-12(20)22-2/h3-6H,1-2H3,(H,18,19,21)/b11-5+,17-6?. The lowest BCUT2D eigenvalue weighted by molar-refractivity contribution is -0.135. The summed E-state index contributed by atoms with van der Waals surface area (Å²) >= 11 is 0.896. The molecular weight excluding hydrogens is 328 g/mol. The van der Waals surface area contributed by atoms with Crippen LogP contribution in [-0.2, 0) is 14.3 Å². The predicted molar refractivity (Wildman–Crippen MR) is 82.0 cm³/mol. The van der Waals surface area contributed by atoms with Gasteiger partial charge in [0.25, 0.3) is 5.91 Å². The highest BCUT2D eigenvalue weighted by Gasteiger charge is 2.25. The number of halogens is 2. The van der Waals surface area contributed by atoms with Crippen LogP contribution in [-0.4, -0.2) is 30.4 Å². The number of hydrogen-bond acceptors (Lipinski definition) is 6. The van der Waals surface area contributed by atoms with Crippen molar-refractivity contribution in [1.82, 2.24) is 5.32 Å². The molecule has 0 radical (unpaired) electrons. The number of hydrogen-bond donors (Lipinski definition) is 1. The van der Waals surface area contributed by atoms with Crippen molar-refractivity contribution in [1.29, 1.82) is 0 Å². The van der Waals surface area contributed by atoms with Crippen molar-refractivity contribution in [3.05, 3.63) is 45.9 Å². The Kier molecular flexibility index (Phi) is 5.22. The molecule has 0 aromatic heterocycles. The Hall–Kier alpha value is -2.55. The molecule has 0 saturated carbocycles. The molecule has 1 heterocycles. The van der Waals surface area contributed by atoms with E-state index in [0.29, 0.717) is 0 Å². The Morgan fingerprint density at radius 1 is 1.39 bits per heavy atom. The first-order chi connectivity index (χ1) is 10.9. The number of rotatable bonds is 3. The molecule has 1 aromatic rings. The molecule has 0 unspecified atom stereocenters. The number of thioether (sulfide) groups is 1. The van der Waals surface area contributed by atoms with Gasteiger partial charge in [0.1, 0.15) is 11.6 Å². The maximum atomic E-state index is 13.4. The van der Waals surface area contributed by atoms with Crippen LogP contribution in [0.4, 0.5) is 8.78 Å². The second-order valence-corrected chi connectivity index (χ2v) is 5.37. The van der Waals surface area contributed by atoms with Gasteiger partial charge in [-0.1, -0.05) is 0 Å². The van der Waals surface area contributed by atoms with E-state index in [1.54, 1.807) is 0 Å². The van der Waals surface area contributed by atoms with E-state index in [1.165, 1.54) is 20.2 Å². The molecule has 0 spiro atoms. The van der Waals surface area contributed by atoms with Crippen molar-refractivity contribution in [3.63, 3.8) is 0 Å². The number of ether oxygens (including phenoxy) is 1. The third kappa shape index (κ3) is 4.22. The summed E-state index contributed by atoms with van der Waals surface area (Å²) in [6, 6.07) is 1.89. The number of benzene rings is 1. The van der Waals surface area contributed by atoms with E-state index in [1.807, 2.05) is 0 Å². The number of amidine groups is 1. The van der Waals surface area contributed by atoms with Gasteiger partial charge in [-0.3, -0.25) is 10.1 Å². The number of carbonyl (C=O) groups excluding carboxylic acids is 2. The first-order valence-corrected chi connectivity index (χ1v) is 7.08. The molecule has 9 heteroatoms. The van der Waals surface area contributed by atoms with E-state index in [2.05, 4.69) is 20.3 Å². The van der Waals surface area contributed by atoms with E-state index >= 15 is 0 Å². The fraction of sp³-hybridized carbons (Fsp3) is 0.143. The molecule has 1 amide bonds. The lowest BCUT2D eigenvalue weighted by Gasteiger charge is -2.00. The molecule has 0 atom stereocenters. The van der Waals surface area contributed by atoms with Crippen LogP contribution < -0.4 is 5.32 Å². The molecule has 1 fully saturated rings. The van der Waals surface area contributed by atoms with Crippen LogP contribution in [0.25, 0.3) is 0 Å². The molecule has 0 bridgehead atoms. The fourth-order valence-electron chi connectivity index (χ4n) is 1.58. The predicted octanol–water partition coefficient (Wildman–Crippen LogP) is 1.88. The monoisotopic (exact) mass is 339 g/mol. The molecule has 1 aliphatic rings. The number of nitrogens with one attached hydrogen (secondary N) is 1. The molecule has 0 aliphatic carbocycles. The molecular formula is C14H11F2N3O3S. The molecule has 6 nitrogen and oxygen atoms in total. The minimum Gasteiger partial charge on any atom is -0.466 e. The SMILES string of the molecule is COC(=O)/C=C1/S/C(=N\N=Cc2cc(F)cc(F)c2C)NC1=O. The third-order valence-electron chi connectivity index (χ3n) is 2.80. The van der Waals surface area contributed by atoms with Crippen LogP contribution in [0, 0.1) is 18.6 Å². The summed E-state index contributed by atoms with van der Waals surface area (Å²) in [5.41, 5.74) is 0.455. The molecule has 1 aromatic carbocycles. The van der Waals surface area contributed by atoms with Crippen LogP contribution in [0.15, 0.2) is 33.3 Å². The number of nitrogens with zero attached hydrogens (tertiary/aromatic N) is 2. The lowest BCUT2D eigenvalue weighted by atomic mass is 10.1. The molecule has 1 aliphatic heterocycles. The van der Waals surface area contributed by atoms with Crippen molar-refractivity contribution < 1.29 is 23.1 Å². The topological polar surface area (TPSA) is 80.1 Å². The highest BCUT2D eigenvalue weighted by molar-refractivity contribution is 8.18. The zero-order valence-corrected chi connectivity index (χ0v) is 12.9. The van der Waals surface area contributed by atoms with E-state index in [0.717, 1.165) is 30.0 Å². The van der Waals surface area contributed by atoms with Crippen molar-refractivity contribution in [2.45, 2.75) is 6.92 Å². The Bertz CT molecular complexity index is 760. The molecule has 1 N–H and O–H groups in total. The number of esters is 1. The van der Waals surface area contributed by atoms with Crippen LogP contribution in [0.1, 0.15) is 11.1 Å². The summed E-state index contributed by atoms with van der Waals surface area (Å²) in [6.45, 7) is 1.48. The van der Waals surface area contributed by atoms with Gasteiger partial charge >= 0.3 is 5.97 Å². The molecule has 2 rings (SSSR count). The fourth-order valence-corrected chi connectivity index (χ4v) is 2.32. The minimum atomic E-state index is -0.728. The van der Waals surface area contributed by atoms with Gasteiger partial charge in [-0.05, 0) is 30.3 Å². The van der Waals surface area contributed by atoms with E-state index < -0.39 is 23.5 Å². The Morgan fingerprint density at radius 2 is 2.13 bits per heavy atom. The summed E-state index contributed by atoms with van der Waals surface area (Å²) in [6.07, 6.45) is 2.20. The van der Waals surface area contributed by atoms with Gasteiger partial charge in [0.2, 0.25) is 0 Å². The molecule has 23 heavy (non-hydrogen) atoms. The largest absolute Gasteiger partial charge is 0.466 e. The smallest absolute Gasteiger partial charge is 0.331 e. The van der Waals surface area contributed by atoms with Crippen molar-refractivity contribution in [2.24, 2.45) is 10.2 Å². The summed E-state index contributed by atoms with van der Waals surface area (Å²) in [5, 5.41) is 9.95. The van der Waals surface area contributed by atoms with Crippen molar-refractivity contribution in [3.8, 4) is 0 Å². The second kappa shape index (κ2) is 7.14. The van der Waals surface area contributed by atoms with E-state index in [-0.39, 0.29) is 21.2 Å². The van der Waals surface area contributed by atoms with Gasteiger partial charge in [-0.25, -0.2) is 13.6 Å². The summed E-state index contributed by atoms with van der Waals surface area (Å²) in [4.78, 5) is 22.8. The Morgan fingerprint density at radius 3 is 2.83 bits per heavy atom. The average Bonchev–Trinajstić information content (AvgIpc) is 2.84. The van der Waals surface area contributed by atoms with Gasteiger partial charge in [-0.2, -0.15) is 5.10 Å². The van der Waals surface area contributed by atoms with Gasteiger partial charge < -0.3 is 4.74 Å².